The number of pyridine rings is 1. The van der Waals surface area contributed by atoms with Crippen LogP contribution in [-0.2, 0) is 13.0 Å². The molecule has 0 radical (unpaired) electrons. The molecule has 1 heterocycles. The summed E-state index contributed by atoms with van der Waals surface area (Å²) in [4.78, 5) is 7.34. The van der Waals surface area contributed by atoms with Crippen molar-refractivity contribution in [1.29, 1.82) is 0 Å². The van der Waals surface area contributed by atoms with Crippen molar-refractivity contribution in [3.8, 4) is 0 Å². The first-order valence-electron chi connectivity index (χ1n) is 8.51. The van der Waals surface area contributed by atoms with Crippen LogP contribution in [0.15, 0.2) is 12.1 Å². The molecule has 0 amide bonds. The van der Waals surface area contributed by atoms with Crippen molar-refractivity contribution in [3.05, 3.63) is 23.4 Å². The molecule has 1 N–H and O–H groups in total. The van der Waals surface area contributed by atoms with Gasteiger partial charge in [0, 0.05) is 18.3 Å². The van der Waals surface area contributed by atoms with Crippen molar-refractivity contribution in [1.82, 2.24) is 4.98 Å². The second-order valence-electron chi connectivity index (χ2n) is 6.65. The van der Waals surface area contributed by atoms with Crippen LogP contribution in [0.5, 0.6) is 0 Å². The molecule has 0 atom stereocenters. The fourth-order valence-electron chi connectivity index (χ4n) is 3.15. The third kappa shape index (κ3) is 4.44. The SMILES string of the molecule is CCc1cc(CO)cc(N(CCC(C)C)C2CCCC2)n1. The Morgan fingerprint density at radius 1 is 1.29 bits per heavy atom. The van der Waals surface area contributed by atoms with Crippen molar-refractivity contribution in [2.75, 3.05) is 11.4 Å². The summed E-state index contributed by atoms with van der Waals surface area (Å²) in [5, 5.41) is 9.50. The van der Waals surface area contributed by atoms with Gasteiger partial charge in [0.05, 0.1) is 6.61 Å². The minimum absolute atomic E-state index is 0.102. The highest BCUT2D eigenvalue weighted by molar-refractivity contribution is 5.44. The number of nitrogens with zero attached hydrogens (tertiary/aromatic N) is 2. The zero-order valence-electron chi connectivity index (χ0n) is 13.8. The van der Waals surface area contributed by atoms with Crippen molar-refractivity contribution in [3.63, 3.8) is 0 Å². The predicted octanol–water partition coefficient (Wildman–Crippen LogP) is 3.93. The maximum atomic E-state index is 9.50. The molecule has 2 rings (SSSR count). The van der Waals surface area contributed by atoms with Gasteiger partial charge in [-0.25, -0.2) is 4.98 Å². The highest BCUT2D eigenvalue weighted by Gasteiger charge is 2.24. The van der Waals surface area contributed by atoms with Gasteiger partial charge in [0.2, 0.25) is 0 Å². The van der Waals surface area contributed by atoms with Gasteiger partial charge in [-0.1, -0.05) is 33.6 Å². The normalized spacial score (nSPS) is 15.9. The summed E-state index contributed by atoms with van der Waals surface area (Å²) in [7, 11) is 0. The summed E-state index contributed by atoms with van der Waals surface area (Å²) in [6.07, 6.45) is 7.36. The molecule has 0 spiro atoms. The molecule has 0 aromatic carbocycles. The van der Waals surface area contributed by atoms with Crippen LogP contribution in [0, 0.1) is 5.92 Å². The lowest BCUT2D eigenvalue weighted by Gasteiger charge is -2.31. The molecule has 1 fully saturated rings. The van der Waals surface area contributed by atoms with Crippen molar-refractivity contribution in [2.45, 2.75) is 71.9 Å². The highest BCUT2D eigenvalue weighted by Crippen LogP contribution is 2.29. The van der Waals surface area contributed by atoms with Gasteiger partial charge < -0.3 is 10.0 Å². The van der Waals surface area contributed by atoms with E-state index in [0.717, 1.165) is 30.0 Å². The largest absolute Gasteiger partial charge is 0.392 e. The van der Waals surface area contributed by atoms with Crippen molar-refractivity contribution in [2.24, 2.45) is 5.92 Å². The van der Waals surface area contributed by atoms with Crippen LogP contribution in [0.25, 0.3) is 0 Å². The number of hydrogen-bond donors (Lipinski definition) is 1. The second-order valence-corrected chi connectivity index (χ2v) is 6.65. The molecule has 3 heteroatoms. The summed E-state index contributed by atoms with van der Waals surface area (Å²) in [6, 6.07) is 4.74. The van der Waals surface area contributed by atoms with E-state index < -0.39 is 0 Å². The van der Waals surface area contributed by atoms with E-state index in [1.807, 2.05) is 6.07 Å². The molecule has 1 aliphatic rings. The maximum Gasteiger partial charge on any atom is 0.129 e. The highest BCUT2D eigenvalue weighted by atomic mass is 16.3. The number of hydrogen-bond acceptors (Lipinski definition) is 3. The number of aliphatic hydroxyl groups excluding tert-OH is 1. The van der Waals surface area contributed by atoms with E-state index in [0.29, 0.717) is 12.0 Å². The van der Waals surface area contributed by atoms with Crippen LogP contribution in [0.2, 0.25) is 0 Å². The second kappa shape index (κ2) is 7.79. The minimum Gasteiger partial charge on any atom is -0.392 e. The van der Waals surface area contributed by atoms with E-state index in [1.165, 1.54) is 32.1 Å². The van der Waals surface area contributed by atoms with Crippen LogP contribution >= 0.6 is 0 Å². The van der Waals surface area contributed by atoms with E-state index in [2.05, 4.69) is 31.7 Å². The molecule has 1 aliphatic carbocycles. The molecule has 1 aromatic heterocycles. The van der Waals surface area contributed by atoms with Gasteiger partial charge in [-0.05, 0) is 49.3 Å². The quantitative estimate of drug-likeness (QED) is 0.826. The third-order valence-electron chi connectivity index (χ3n) is 4.48. The predicted molar refractivity (Wildman–Crippen MR) is 88.6 cm³/mol. The Labute approximate surface area is 129 Å². The summed E-state index contributed by atoms with van der Waals surface area (Å²) in [5.74, 6) is 1.78. The summed E-state index contributed by atoms with van der Waals surface area (Å²) >= 11 is 0. The Bertz CT molecular complexity index is 417. The zero-order valence-corrected chi connectivity index (χ0v) is 13.8. The molecular weight excluding hydrogens is 260 g/mol. The van der Waals surface area contributed by atoms with E-state index in [1.54, 1.807) is 0 Å². The molecular formula is C18H30N2O. The topological polar surface area (TPSA) is 36.4 Å². The first-order valence-corrected chi connectivity index (χ1v) is 8.51. The van der Waals surface area contributed by atoms with E-state index >= 15 is 0 Å². The first kappa shape index (κ1) is 16.3. The first-order chi connectivity index (χ1) is 10.1. The monoisotopic (exact) mass is 290 g/mol. The maximum absolute atomic E-state index is 9.50. The average molecular weight is 290 g/mol. The molecule has 118 valence electrons. The number of rotatable bonds is 7. The summed E-state index contributed by atoms with van der Waals surface area (Å²) in [6.45, 7) is 7.86. The molecule has 0 saturated heterocycles. The van der Waals surface area contributed by atoms with Crippen molar-refractivity contribution < 1.29 is 5.11 Å². The average Bonchev–Trinajstić information content (AvgIpc) is 3.00. The smallest absolute Gasteiger partial charge is 0.129 e. The van der Waals surface area contributed by atoms with Gasteiger partial charge in [-0.15, -0.1) is 0 Å². The number of aliphatic hydroxyl groups is 1. The van der Waals surface area contributed by atoms with Gasteiger partial charge in [0.25, 0.3) is 0 Å². The Hall–Kier alpha value is -1.09. The Morgan fingerprint density at radius 2 is 2.00 bits per heavy atom. The lowest BCUT2D eigenvalue weighted by molar-refractivity contribution is 0.281. The van der Waals surface area contributed by atoms with Gasteiger partial charge >= 0.3 is 0 Å². The van der Waals surface area contributed by atoms with Gasteiger partial charge in [-0.3, -0.25) is 0 Å². The van der Waals surface area contributed by atoms with Crippen LogP contribution < -0.4 is 4.90 Å². The number of aromatic nitrogens is 1. The minimum atomic E-state index is 0.102. The van der Waals surface area contributed by atoms with Crippen LogP contribution in [0.4, 0.5) is 5.82 Å². The van der Waals surface area contributed by atoms with E-state index in [-0.39, 0.29) is 6.61 Å². The lowest BCUT2D eigenvalue weighted by Crippen LogP contribution is -2.35. The standard InChI is InChI=1S/C18H30N2O/c1-4-16-11-15(13-21)12-18(19-16)20(10-9-14(2)3)17-7-5-6-8-17/h11-12,14,17,21H,4-10,13H2,1-3H3. The molecule has 1 saturated carbocycles. The van der Waals surface area contributed by atoms with Crippen molar-refractivity contribution >= 4 is 5.82 Å². The molecule has 0 bridgehead atoms. The number of aryl methyl sites for hydroxylation is 1. The molecule has 0 aliphatic heterocycles. The van der Waals surface area contributed by atoms with Crippen LogP contribution in [0.3, 0.4) is 0 Å². The van der Waals surface area contributed by atoms with Crippen LogP contribution in [-0.4, -0.2) is 22.7 Å². The fraction of sp³-hybridized carbons (Fsp3) is 0.722. The zero-order chi connectivity index (χ0) is 15.2. The molecule has 21 heavy (non-hydrogen) atoms. The van der Waals surface area contributed by atoms with Gasteiger partial charge in [0.1, 0.15) is 5.82 Å². The lowest BCUT2D eigenvalue weighted by atomic mass is 10.1. The van der Waals surface area contributed by atoms with Gasteiger partial charge in [-0.2, -0.15) is 0 Å². The third-order valence-corrected chi connectivity index (χ3v) is 4.48. The van der Waals surface area contributed by atoms with E-state index in [4.69, 9.17) is 4.98 Å². The molecule has 3 nitrogen and oxygen atoms in total. The van der Waals surface area contributed by atoms with Gasteiger partial charge in [0.15, 0.2) is 0 Å². The Kier molecular flexibility index (Phi) is 6.04. The Morgan fingerprint density at radius 3 is 2.57 bits per heavy atom. The number of anilines is 1. The van der Waals surface area contributed by atoms with E-state index in [9.17, 15) is 5.11 Å². The molecule has 0 unspecified atom stereocenters. The fourth-order valence-corrected chi connectivity index (χ4v) is 3.15. The van der Waals surface area contributed by atoms with Crippen LogP contribution in [0.1, 0.15) is 64.1 Å². The summed E-state index contributed by atoms with van der Waals surface area (Å²) < 4.78 is 0. The Balaban J connectivity index is 2.25. The molecule has 1 aromatic rings. The summed E-state index contributed by atoms with van der Waals surface area (Å²) in [5.41, 5.74) is 2.08.